The zero-order chi connectivity index (χ0) is 13.8. The molecule has 0 unspecified atom stereocenters. The summed E-state index contributed by atoms with van der Waals surface area (Å²) in [4.78, 5) is 2.73. The second-order valence-corrected chi connectivity index (χ2v) is 6.73. The predicted molar refractivity (Wildman–Crippen MR) is 89.4 cm³/mol. The molecule has 102 valence electrons. The predicted octanol–water partition coefficient (Wildman–Crippen LogP) is 5.07. The summed E-state index contributed by atoms with van der Waals surface area (Å²) >= 11 is 3.64. The zero-order valence-corrected chi connectivity index (χ0v) is 13.1. The molecule has 3 heteroatoms. The van der Waals surface area contributed by atoms with Crippen molar-refractivity contribution in [2.75, 3.05) is 0 Å². The molecule has 1 N–H and O–H groups in total. The summed E-state index contributed by atoms with van der Waals surface area (Å²) in [6.45, 7) is 4.06. The van der Waals surface area contributed by atoms with E-state index in [4.69, 9.17) is 0 Å². The first-order chi connectivity index (χ1) is 9.83. The van der Waals surface area contributed by atoms with E-state index < -0.39 is 0 Å². The van der Waals surface area contributed by atoms with Gasteiger partial charge in [-0.25, -0.2) is 0 Å². The van der Waals surface area contributed by atoms with Crippen LogP contribution in [0.15, 0.2) is 53.2 Å². The van der Waals surface area contributed by atoms with Crippen molar-refractivity contribution < 1.29 is 0 Å². The monoisotopic (exact) mass is 299 g/mol. The van der Waals surface area contributed by atoms with Gasteiger partial charge in [0.15, 0.2) is 0 Å². The third-order valence-electron chi connectivity index (χ3n) is 3.30. The Balaban J connectivity index is 1.59. The molecule has 1 nitrogen and oxygen atoms in total. The van der Waals surface area contributed by atoms with Crippen LogP contribution in [0.2, 0.25) is 0 Å². The van der Waals surface area contributed by atoms with Gasteiger partial charge in [0.1, 0.15) is 0 Å². The van der Waals surface area contributed by atoms with Crippen LogP contribution in [-0.4, -0.2) is 0 Å². The van der Waals surface area contributed by atoms with Gasteiger partial charge >= 0.3 is 0 Å². The Kier molecular flexibility index (Phi) is 4.31. The molecular formula is C17H17NS2. The molecule has 2 heterocycles. The van der Waals surface area contributed by atoms with E-state index in [1.807, 2.05) is 11.3 Å². The van der Waals surface area contributed by atoms with Crippen LogP contribution < -0.4 is 5.32 Å². The van der Waals surface area contributed by atoms with E-state index in [2.05, 4.69) is 65.5 Å². The summed E-state index contributed by atoms with van der Waals surface area (Å²) in [7, 11) is 0. The highest BCUT2D eigenvalue weighted by Crippen LogP contribution is 2.27. The van der Waals surface area contributed by atoms with Crippen LogP contribution in [0.4, 0.5) is 0 Å². The van der Waals surface area contributed by atoms with Gasteiger partial charge in [-0.05, 0) is 46.5 Å². The largest absolute Gasteiger partial charge is 0.308 e. The van der Waals surface area contributed by atoms with Crippen LogP contribution in [-0.2, 0) is 13.1 Å². The Hall–Kier alpha value is -1.42. The molecule has 3 aromatic rings. The van der Waals surface area contributed by atoms with E-state index in [1.165, 1.54) is 26.4 Å². The van der Waals surface area contributed by atoms with Crippen molar-refractivity contribution in [3.05, 3.63) is 69.2 Å². The minimum Gasteiger partial charge on any atom is -0.308 e. The second-order valence-electron chi connectivity index (χ2n) is 4.82. The number of benzene rings is 1. The Morgan fingerprint density at radius 1 is 0.950 bits per heavy atom. The molecule has 0 fully saturated rings. The number of thiophene rings is 2. The highest BCUT2D eigenvalue weighted by Gasteiger charge is 2.03. The lowest BCUT2D eigenvalue weighted by molar-refractivity contribution is 0.700. The lowest BCUT2D eigenvalue weighted by atomic mass is 10.2. The molecule has 0 aliphatic heterocycles. The SMILES string of the molecule is Cc1cscc1CNCc1ccc(-c2ccccc2)s1. The quantitative estimate of drug-likeness (QED) is 0.693. The molecule has 0 radical (unpaired) electrons. The molecule has 0 saturated carbocycles. The van der Waals surface area contributed by atoms with Gasteiger partial charge < -0.3 is 5.32 Å². The molecule has 0 spiro atoms. The van der Waals surface area contributed by atoms with Gasteiger partial charge in [0.05, 0.1) is 0 Å². The fourth-order valence-electron chi connectivity index (χ4n) is 2.12. The number of nitrogens with one attached hydrogen (secondary N) is 1. The van der Waals surface area contributed by atoms with Gasteiger partial charge in [-0.2, -0.15) is 11.3 Å². The highest BCUT2D eigenvalue weighted by molar-refractivity contribution is 7.15. The second kappa shape index (κ2) is 6.35. The fourth-order valence-corrected chi connectivity index (χ4v) is 3.96. The molecular weight excluding hydrogens is 282 g/mol. The molecule has 0 amide bonds. The highest BCUT2D eigenvalue weighted by atomic mass is 32.1. The average molecular weight is 299 g/mol. The van der Waals surface area contributed by atoms with Gasteiger partial charge in [-0.15, -0.1) is 11.3 Å². The third-order valence-corrected chi connectivity index (χ3v) is 5.34. The van der Waals surface area contributed by atoms with E-state index >= 15 is 0 Å². The van der Waals surface area contributed by atoms with E-state index in [0.29, 0.717) is 0 Å². The molecule has 3 rings (SSSR count). The number of rotatable bonds is 5. The maximum atomic E-state index is 3.53. The molecule has 2 aromatic heterocycles. The topological polar surface area (TPSA) is 12.0 Å². The standard InChI is InChI=1S/C17H17NS2/c1-13-11-19-12-15(13)9-18-10-16-7-8-17(20-16)14-5-3-2-4-6-14/h2-8,11-12,18H,9-10H2,1H3. The first-order valence-corrected chi connectivity index (χ1v) is 8.45. The Labute approximate surface area is 127 Å². The Morgan fingerprint density at radius 2 is 1.80 bits per heavy atom. The molecule has 0 aliphatic carbocycles. The molecule has 0 aliphatic rings. The molecule has 0 atom stereocenters. The maximum Gasteiger partial charge on any atom is 0.0346 e. The number of hydrogen-bond acceptors (Lipinski definition) is 3. The van der Waals surface area contributed by atoms with E-state index in [1.54, 1.807) is 11.3 Å². The summed E-state index contributed by atoms with van der Waals surface area (Å²) in [5.74, 6) is 0. The average Bonchev–Trinajstić information content (AvgIpc) is 3.10. The van der Waals surface area contributed by atoms with Crippen molar-refractivity contribution in [2.45, 2.75) is 20.0 Å². The van der Waals surface area contributed by atoms with Crippen molar-refractivity contribution in [2.24, 2.45) is 0 Å². The smallest absolute Gasteiger partial charge is 0.0346 e. The molecule has 20 heavy (non-hydrogen) atoms. The van der Waals surface area contributed by atoms with Crippen LogP contribution in [0.1, 0.15) is 16.0 Å². The van der Waals surface area contributed by atoms with E-state index in [9.17, 15) is 0 Å². The van der Waals surface area contributed by atoms with Crippen molar-refractivity contribution in [3.63, 3.8) is 0 Å². The van der Waals surface area contributed by atoms with Crippen LogP contribution in [0, 0.1) is 6.92 Å². The lowest BCUT2D eigenvalue weighted by Gasteiger charge is -2.02. The summed E-state index contributed by atoms with van der Waals surface area (Å²) < 4.78 is 0. The van der Waals surface area contributed by atoms with Crippen molar-refractivity contribution in [1.82, 2.24) is 5.32 Å². The van der Waals surface area contributed by atoms with Crippen molar-refractivity contribution in [3.8, 4) is 10.4 Å². The third kappa shape index (κ3) is 3.18. The Morgan fingerprint density at radius 3 is 2.55 bits per heavy atom. The zero-order valence-electron chi connectivity index (χ0n) is 11.4. The minimum absolute atomic E-state index is 0.937. The molecule has 0 bridgehead atoms. The normalized spacial score (nSPS) is 10.8. The van der Waals surface area contributed by atoms with Gasteiger partial charge in [-0.1, -0.05) is 30.3 Å². The summed E-state index contributed by atoms with van der Waals surface area (Å²) in [5.41, 5.74) is 4.10. The van der Waals surface area contributed by atoms with E-state index in [-0.39, 0.29) is 0 Å². The number of aryl methyl sites for hydroxylation is 1. The van der Waals surface area contributed by atoms with Crippen LogP contribution in [0.25, 0.3) is 10.4 Å². The summed E-state index contributed by atoms with van der Waals surface area (Å²) in [6.07, 6.45) is 0. The van der Waals surface area contributed by atoms with Gasteiger partial charge in [0.25, 0.3) is 0 Å². The first-order valence-electron chi connectivity index (χ1n) is 6.69. The van der Waals surface area contributed by atoms with Crippen LogP contribution in [0.5, 0.6) is 0 Å². The van der Waals surface area contributed by atoms with Crippen LogP contribution >= 0.6 is 22.7 Å². The molecule has 1 aromatic carbocycles. The minimum atomic E-state index is 0.937. The molecule has 0 saturated heterocycles. The maximum absolute atomic E-state index is 3.53. The van der Waals surface area contributed by atoms with Gasteiger partial charge in [0, 0.05) is 22.8 Å². The van der Waals surface area contributed by atoms with E-state index in [0.717, 1.165) is 13.1 Å². The van der Waals surface area contributed by atoms with Crippen LogP contribution in [0.3, 0.4) is 0 Å². The lowest BCUT2D eigenvalue weighted by Crippen LogP contribution is -2.11. The van der Waals surface area contributed by atoms with Gasteiger partial charge in [-0.3, -0.25) is 0 Å². The van der Waals surface area contributed by atoms with Crippen molar-refractivity contribution >= 4 is 22.7 Å². The Bertz CT molecular complexity index is 667. The number of hydrogen-bond donors (Lipinski definition) is 1. The summed E-state index contributed by atoms with van der Waals surface area (Å²) in [6, 6.07) is 15.0. The first kappa shape index (κ1) is 13.6. The fraction of sp³-hybridized carbons (Fsp3) is 0.176. The van der Waals surface area contributed by atoms with Crippen molar-refractivity contribution in [1.29, 1.82) is 0 Å². The summed E-state index contributed by atoms with van der Waals surface area (Å²) in [5, 5.41) is 7.96. The van der Waals surface area contributed by atoms with Gasteiger partial charge in [0.2, 0.25) is 0 Å².